The van der Waals surface area contributed by atoms with Crippen molar-refractivity contribution in [3.05, 3.63) is 47.1 Å². The molecule has 6 N–H and O–H groups in total. The zero-order valence-electron chi connectivity index (χ0n) is 26.0. The fraction of sp³-hybridized carbons (Fsp3) is 0.519. The summed E-state index contributed by atoms with van der Waals surface area (Å²) in [6.07, 6.45) is -0.136. The first-order valence-electron chi connectivity index (χ1n) is 14.8. The highest BCUT2D eigenvalue weighted by Crippen LogP contribution is 2.53. The van der Waals surface area contributed by atoms with Crippen LogP contribution in [0.4, 0.5) is 10.2 Å². The van der Waals surface area contributed by atoms with Crippen LogP contribution in [0.15, 0.2) is 34.8 Å². The van der Waals surface area contributed by atoms with Gasteiger partial charge in [-0.05, 0) is 48.7 Å². The molecule has 0 bridgehead atoms. The van der Waals surface area contributed by atoms with E-state index >= 15 is 0 Å². The molecule has 49 heavy (non-hydrogen) atoms. The predicted octanol–water partition coefficient (Wildman–Crippen LogP) is 1.10. The van der Waals surface area contributed by atoms with E-state index in [2.05, 4.69) is 24.7 Å². The number of amides is 2. The quantitative estimate of drug-likeness (QED) is 0.112. The minimum Gasteiger partial charge on any atom is -0.387 e. The number of aliphatic hydroxyl groups excluding tert-OH is 2. The van der Waals surface area contributed by atoms with E-state index in [0.29, 0.717) is 11.2 Å². The van der Waals surface area contributed by atoms with E-state index in [9.17, 15) is 42.8 Å². The fourth-order valence-electron chi connectivity index (χ4n) is 5.49. The third-order valence-electron chi connectivity index (χ3n) is 7.98. The molecular weight excluding hydrogens is 716 g/mol. The van der Waals surface area contributed by atoms with E-state index in [1.54, 1.807) is 0 Å². The summed E-state index contributed by atoms with van der Waals surface area (Å²) in [6.45, 7) is -2.05. The number of carbonyl (C=O) groups is 2. The van der Waals surface area contributed by atoms with Crippen LogP contribution in [0.2, 0.25) is 5.28 Å². The number of methoxy groups -OCH3 is 1. The van der Waals surface area contributed by atoms with Gasteiger partial charge >= 0.3 is 13.5 Å². The molecule has 0 spiro atoms. The number of ether oxygens (including phenoxy) is 3. The second-order valence-corrected chi connectivity index (χ2v) is 15.7. The summed E-state index contributed by atoms with van der Waals surface area (Å²) in [5.74, 6) is -3.04. The summed E-state index contributed by atoms with van der Waals surface area (Å²) in [5, 5.41) is 26.5. The number of aliphatic hydroxyl groups is 2. The normalized spacial score (nSPS) is 24.0. The van der Waals surface area contributed by atoms with Crippen molar-refractivity contribution in [3.63, 3.8) is 0 Å². The van der Waals surface area contributed by atoms with E-state index in [1.807, 2.05) is 4.72 Å². The lowest BCUT2D eigenvalue weighted by molar-refractivity contribution is -0.149. The van der Waals surface area contributed by atoms with Crippen molar-refractivity contribution in [2.75, 3.05) is 31.9 Å². The van der Waals surface area contributed by atoms with E-state index in [4.69, 9.17) is 25.8 Å². The Labute approximate surface area is 283 Å². The number of nitrogens with one attached hydrogen (secondary N) is 2. The zero-order chi connectivity index (χ0) is 35.7. The molecule has 18 nitrogen and oxygen atoms in total. The number of anilines is 1. The van der Waals surface area contributed by atoms with Gasteiger partial charge in [-0.25, -0.2) is 13.3 Å². The van der Waals surface area contributed by atoms with Gasteiger partial charge in [-0.1, -0.05) is 12.8 Å². The highest BCUT2D eigenvalue weighted by molar-refractivity contribution is 7.91. The first-order valence-corrected chi connectivity index (χ1v) is 18.7. The van der Waals surface area contributed by atoms with Crippen LogP contribution in [0.3, 0.4) is 0 Å². The van der Waals surface area contributed by atoms with Gasteiger partial charge in [0.2, 0.25) is 5.28 Å². The predicted molar refractivity (Wildman–Crippen MR) is 170 cm³/mol. The number of carbonyl (C=O) groups excluding carboxylic acids is 2. The zero-order valence-corrected chi connectivity index (χ0v) is 28.5. The molecule has 2 aromatic heterocycles. The number of benzene rings is 1. The Hall–Kier alpha value is -3.17. The van der Waals surface area contributed by atoms with Gasteiger partial charge in [-0.3, -0.25) is 18.9 Å². The third-order valence-corrected chi connectivity index (χ3v) is 10.6. The topological polar surface area (TPSA) is 257 Å². The first-order chi connectivity index (χ1) is 23.0. The molecule has 2 aliphatic rings. The Morgan fingerprint density at radius 2 is 1.88 bits per heavy atom. The standard InChI is InChI=1S/C27H34ClFN7O11PS/c1-45-13-27(48(41,42)43,25(40)35-49(2,44)34-23(39)14-7-9-15(29)10-8-14)46-12-18-19(37)20(38)24(47-18)36-22-17(11-30-36)21(32-26(28)33-22)31-16-5-3-4-6-16/h7-11,16,18-20,24,37-38H,3-6,12-13H2,1-2H3,(H,31,32,33)(H2,41,42,43)(H,34,35,39,40,44)/t18-,19-,20-,24-,27+,49?/m1/s1. The first kappa shape index (κ1) is 37.1. The molecule has 268 valence electrons. The van der Waals surface area contributed by atoms with Crippen LogP contribution >= 0.6 is 19.2 Å². The molecule has 2 amide bonds. The number of hydrogen-bond acceptors (Lipinski definition) is 13. The Morgan fingerprint density at radius 3 is 2.51 bits per heavy atom. The summed E-state index contributed by atoms with van der Waals surface area (Å²) in [7, 11) is -8.75. The SMILES string of the molecule is COC[C@@](OC[C@H]1O[C@@H](n2ncc3c(NC4CCCC4)nc(Cl)nc32)[C@H](O)[C@@H]1O)(C(=O)N=S(C)(=O)NC(=O)c1ccc(F)cc1)P(=O)(O)O. The van der Waals surface area contributed by atoms with Crippen LogP contribution in [0.1, 0.15) is 42.3 Å². The molecule has 22 heteroatoms. The van der Waals surface area contributed by atoms with Gasteiger partial charge < -0.3 is 39.5 Å². The Kier molecular flexibility index (Phi) is 11.0. The largest absolute Gasteiger partial charge is 0.387 e. The summed E-state index contributed by atoms with van der Waals surface area (Å²) < 4.78 is 61.7. The van der Waals surface area contributed by atoms with Crippen molar-refractivity contribution in [2.24, 2.45) is 4.36 Å². The minimum atomic E-state index is -5.70. The monoisotopic (exact) mass is 749 g/mol. The maximum atomic E-state index is 13.4. The van der Waals surface area contributed by atoms with Gasteiger partial charge in [0.1, 0.15) is 39.9 Å². The summed E-state index contributed by atoms with van der Waals surface area (Å²) in [6, 6.07) is 4.24. The lowest BCUT2D eigenvalue weighted by atomic mass is 10.1. The van der Waals surface area contributed by atoms with Gasteiger partial charge in [0, 0.05) is 25.0 Å². The Bertz CT molecular complexity index is 1880. The fourth-order valence-corrected chi connectivity index (χ4v) is 7.53. The van der Waals surface area contributed by atoms with E-state index < -0.39 is 78.2 Å². The minimum absolute atomic E-state index is 0.128. The Balaban J connectivity index is 1.37. The molecule has 1 saturated heterocycles. The van der Waals surface area contributed by atoms with Crippen LogP contribution in [0, 0.1) is 5.82 Å². The van der Waals surface area contributed by atoms with E-state index in [0.717, 1.165) is 68.0 Å². The van der Waals surface area contributed by atoms with Crippen LogP contribution < -0.4 is 10.0 Å². The van der Waals surface area contributed by atoms with Crippen molar-refractivity contribution < 1.29 is 57.0 Å². The second kappa shape index (κ2) is 14.6. The van der Waals surface area contributed by atoms with Crippen molar-refractivity contribution in [2.45, 2.75) is 61.6 Å². The number of fused-ring (bicyclic) bond motifs is 1. The number of aromatic nitrogens is 4. The van der Waals surface area contributed by atoms with Gasteiger partial charge in [-0.15, -0.1) is 4.36 Å². The maximum Gasteiger partial charge on any atom is 0.369 e. The molecule has 3 heterocycles. The van der Waals surface area contributed by atoms with Gasteiger partial charge in [0.25, 0.3) is 11.2 Å². The number of halogens is 2. The van der Waals surface area contributed by atoms with Crippen molar-refractivity contribution in [3.8, 4) is 0 Å². The maximum absolute atomic E-state index is 13.4. The Morgan fingerprint density at radius 1 is 1.20 bits per heavy atom. The molecule has 2 fully saturated rings. The summed E-state index contributed by atoms with van der Waals surface area (Å²) >= 11 is 6.19. The average Bonchev–Trinajstić information content (AvgIpc) is 3.75. The van der Waals surface area contributed by atoms with Crippen LogP contribution in [-0.2, 0) is 33.5 Å². The van der Waals surface area contributed by atoms with Gasteiger partial charge in [0.15, 0.2) is 11.9 Å². The van der Waals surface area contributed by atoms with Gasteiger partial charge in [-0.2, -0.15) is 15.1 Å². The molecule has 1 aliphatic carbocycles. The molecule has 1 unspecified atom stereocenters. The molecule has 6 atom stereocenters. The molecule has 3 aromatic rings. The smallest absolute Gasteiger partial charge is 0.369 e. The number of hydrogen-bond donors (Lipinski definition) is 6. The molecule has 1 aromatic carbocycles. The summed E-state index contributed by atoms with van der Waals surface area (Å²) in [4.78, 5) is 54.9. The third kappa shape index (κ3) is 7.93. The molecule has 1 aliphatic heterocycles. The van der Waals surface area contributed by atoms with Crippen molar-refractivity contribution in [1.29, 1.82) is 0 Å². The summed E-state index contributed by atoms with van der Waals surface area (Å²) in [5.41, 5.74) is 0.00475. The van der Waals surface area contributed by atoms with Crippen molar-refractivity contribution in [1.82, 2.24) is 24.5 Å². The average molecular weight is 750 g/mol. The van der Waals surface area contributed by atoms with E-state index in [1.165, 1.54) is 6.20 Å². The molecule has 1 saturated carbocycles. The van der Waals surface area contributed by atoms with E-state index in [-0.39, 0.29) is 22.5 Å². The highest BCUT2D eigenvalue weighted by Gasteiger charge is 2.57. The molecule has 5 rings (SSSR count). The van der Waals surface area contributed by atoms with Crippen molar-refractivity contribution >= 4 is 57.8 Å². The molecule has 0 radical (unpaired) electrons. The molecular formula is C27H34ClFN7O11PS. The second-order valence-electron chi connectivity index (χ2n) is 11.5. The highest BCUT2D eigenvalue weighted by atomic mass is 35.5. The van der Waals surface area contributed by atoms with Crippen LogP contribution in [-0.4, -0.2) is 112 Å². The van der Waals surface area contributed by atoms with Crippen LogP contribution in [0.25, 0.3) is 11.0 Å². The lowest BCUT2D eigenvalue weighted by Gasteiger charge is -2.31. The number of rotatable bonds is 12. The number of nitrogens with zero attached hydrogens (tertiary/aromatic N) is 5. The van der Waals surface area contributed by atoms with Crippen LogP contribution in [0.5, 0.6) is 0 Å². The van der Waals surface area contributed by atoms with Gasteiger partial charge in [0.05, 0.1) is 24.8 Å². The lowest BCUT2D eigenvalue weighted by Crippen LogP contribution is -2.48.